The molecule has 0 amide bonds. The topological polar surface area (TPSA) is 104 Å². The predicted molar refractivity (Wildman–Crippen MR) is 148 cm³/mol. The molecule has 7 nitrogen and oxygen atoms in total. The predicted octanol–water partition coefficient (Wildman–Crippen LogP) is 6.47. The van der Waals surface area contributed by atoms with Crippen LogP contribution < -0.4 is 24.7 Å². The average Bonchev–Trinajstić information content (AvgIpc) is 3.48. The molecule has 3 aromatic carbocycles. The summed E-state index contributed by atoms with van der Waals surface area (Å²) >= 11 is 1.30. The maximum Gasteiger partial charge on any atom is 0.353 e. The van der Waals surface area contributed by atoms with Crippen LogP contribution in [0, 0.1) is 18.3 Å². The van der Waals surface area contributed by atoms with E-state index in [0.29, 0.717) is 46.7 Å². The fourth-order valence-corrected chi connectivity index (χ4v) is 4.93. The fourth-order valence-electron chi connectivity index (χ4n) is 4.33. The Hall–Kier alpha value is -4.74. The molecule has 1 aliphatic rings. The van der Waals surface area contributed by atoms with Crippen LogP contribution in [-0.4, -0.2) is 12.6 Å². The first-order valence-corrected chi connectivity index (χ1v) is 13.3. The Balaban J connectivity index is 1.45. The number of esters is 1. The number of nitrogens with zero attached hydrogens (tertiary/aromatic N) is 1. The Labute approximate surface area is 230 Å². The van der Waals surface area contributed by atoms with Gasteiger partial charge in [0.05, 0.1) is 12.5 Å². The maximum absolute atomic E-state index is 12.4. The minimum Gasteiger partial charge on any atom is -0.490 e. The van der Waals surface area contributed by atoms with E-state index in [0.717, 1.165) is 11.1 Å². The first-order chi connectivity index (χ1) is 19.0. The summed E-state index contributed by atoms with van der Waals surface area (Å²) < 4.78 is 23.3. The third-order valence-electron chi connectivity index (χ3n) is 6.24. The van der Waals surface area contributed by atoms with E-state index in [1.165, 1.54) is 16.9 Å². The number of ether oxygens (including phenoxy) is 4. The minimum atomic E-state index is -0.508. The molecule has 0 spiro atoms. The first-order valence-electron chi connectivity index (χ1n) is 12.4. The SMILES string of the molecule is CCOc1cc(C2C(C#N)=C(N)Oc3cc(OC(=O)c4cccs4)ccc32)ccc1OCc1ccc(C)cc1. The number of rotatable bonds is 8. The molecule has 0 saturated carbocycles. The van der Waals surface area contributed by atoms with Gasteiger partial charge in [-0.25, -0.2) is 4.79 Å². The van der Waals surface area contributed by atoms with Crippen LogP contribution in [0.3, 0.4) is 0 Å². The van der Waals surface area contributed by atoms with E-state index >= 15 is 0 Å². The van der Waals surface area contributed by atoms with Gasteiger partial charge in [0.2, 0.25) is 5.88 Å². The number of nitriles is 1. The van der Waals surface area contributed by atoms with Gasteiger partial charge in [0, 0.05) is 11.6 Å². The van der Waals surface area contributed by atoms with Crippen LogP contribution in [0.2, 0.25) is 0 Å². The van der Waals surface area contributed by atoms with Gasteiger partial charge in [0.15, 0.2) is 11.5 Å². The number of fused-ring (bicyclic) bond motifs is 1. The number of carbonyl (C=O) groups is 1. The third-order valence-corrected chi connectivity index (χ3v) is 7.09. The fraction of sp³-hybridized carbons (Fsp3) is 0.161. The molecule has 196 valence electrons. The normalized spacial score (nSPS) is 14.1. The molecule has 0 radical (unpaired) electrons. The molecule has 5 rings (SSSR count). The lowest BCUT2D eigenvalue weighted by Crippen LogP contribution is -2.21. The lowest BCUT2D eigenvalue weighted by Gasteiger charge is -2.27. The number of aryl methyl sites for hydroxylation is 1. The van der Waals surface area contributed by atoms with E-state index in [-0.39, 0.29) is 11.5 Å². The summed E-state index contributed by atoms with van der Waals surface area (Å²) in [5, 5.41) is 11.8. The maximum atomic E-state index is 12.4. The molecule has 8 heteroatoms. The van der Waals surface area contributed by atoms with Crippen molar-refractivity contribution in [2.24, 2.45) is 5.73 Å². The van der Waals surface area contributed by atoms with Crippen LogP contribution in [-0.2, 0) is 6.61 Å². The Morgan fingerprint density at radius 1 is 1.05 bits per heavy atom. The van der Waals surface area contributed by atoms with Gasteiger partial charge in [0.1, 0.15) is 34.6 Å². The molecule has 1 aromatic heterocycles. The van der Waals surface area contributed by atoms with E-state index in [9.17, 15) is 10.1 Å². The van der Waals surface area contributed by atoms with Crippen LogP contribution >= 0.6 is 11.3 Å². The second-order valence-electron chi connectivity index (χ2n) is 8.90. The van der Waals surface area contributed by atoms with Crippen molar-refractivity contribution in [3.63, 3.8) is 0 Å². The molecule has 0 saturated heterocycles. The molecule has 4 aromatic rings. The summed E-state index contributed by atoms with van der Waals surface area (Å²) in [6.07, 6.45) is 0. The summed E-state index contributed by atoms with van der Waals surface area (Å²) in [6, 6.07) is 24.5. The van der Waals surface area contributed by atoms with Crippen molar-refractivity contribution >= 4 is 17.3 Å². The van der Waals surface area contributed by atoms with Gasteiger partial charge in [-0.05, 0) is 54.6 Å². The lowest BCUT2D eigenvalue weighted by molar-refractivity contribution is 0.0739. The summed E-state index contributed by atoms with van der Waals surface area (Å²) in [4.78, 5) is 12.9. The summed E-state index contributed by atoms with van der Waals surface area (Å²) in [5.41, 5.74) is 10.2. The van der Waals surface area contributed by atoms with Crippen molar-refractivity contribution in [1.29, 1.82) is 5.26 Å². The number of hydrogen-bond donors (Lipinski definition) is 1. The molecule has 1 unspecified atom stereocenters. The van der Waals surface area contributed by atoms with E-state index in [2.05, 4.69) is 6.07 Å². The molecular formula is C31H26N2O5S. The highest BCUT2D eigenvalue weighted by Gasteiger charge is 2.32. The summed E-state index contributed by atoms with van der Waals surface area (Å²) in [5.74, 6) is 0.911. The van der Waals surface area contributed by atoms with Gasteiger partial charge < -0.3 is 24.7 Å². The third kappa shape index (κ3) is 5.59. The standard InChI is InChI=1S/C31H26N2O5S/c1-3-35-27-15-21(10-13-25(27)36-18-20-8-6-19(2)7-9-20)29-23-12-11-22(37-31(34)28-5-4-14-39-28)16-26(23)38-30(33)24(29)17-32/h4-16,29H,3,18,33H2,1-2H3. The quantitative estimate of drug-likeness (QED) is 0.202. The van der Waals surface area contributed by atoms with Gasteiger partial charge in [-0.3, -0.25) is 0 Å². The van der Waals surface area contributed by atoms with Crippen molar-refractivity contribution in [3.8, 4) is 29.1 Å². The number of nitrogens with two attached hydrogens (primary N) is 1. The second-order valence-corrected chi connectivity index (χ2v) is 9.85. The number of thiophene rings is 1. The second kappa shape index (κ2) is 11.3. The van der Waals surface area contributed by atoms with E-state index in [1.54, 1.807) is 35.7 Å². The first kappa shape index (κ1) is 25.9. The average molecular weight is 539 g/mol. The molecule has 0 bridgehead atoms. The van der Waals surface area contributed by atoms with Crippen LogP contribution in [0.5, 0.6) is 23.0 Å². The van der Waals surface area contributed by atoms with Gasteiger partial charge in [0.25, 0.3) is 0 Å². The summed E-state index contributed by atoms with van der Waals surface area (Å²) in [7, 11) is 0. The molecule has 1 aliphatic heterocycles. The Morgan fingerprint density at radius 2 is 1.87 bits per heavy atom. The highest BCUT2D eigenvalue weighted by atomic mass is 32.1. The van der Waals surface area contributed by atoms with Gasteiger partial charge in [-0.2, -0.15) is 5.26 Å². The summed E-state index contributed by atoms with van der Waals surface area (Å²) in [6.45, 7) is 4.78. The zero-order valence-corrected chi connectivity index (χ0v) is 22.3. The van der Waals surface area contributed by atoms with Gasteiger partial charge >= 0.3 is 5.97 Å². The largest absolute Gasteiger partial charge is 0.490 e. The van der Waals surface area contributed by atoms with Crippen LogP contribution in [0.4, 0.5) is 0 Å². The molecule has 0 aliphatic carbocycles. The molecule has 2 N–H and O–H groups in total. The highest BCUT2D eigenvalue weighted by molar-refractivity contribution is 7.12. The van der Waals surface area contributed by atoms with Gasteiger partial charge in [-0.15, -0.1) is 11.3 Å². The molecule has 39 heavy (non-hydrogen) atoms. The zero-order chi connectivity index (χ0) is 27.4. The van der Waals surface area contributed by atoms with Crippen molar-refractivity contribution in [1.82, 2.24) is 0 Å². The number of benzene rings is 3. The number of carbonyl (C=O) groups excluding carboxylic acids is 1. The van der Waals surface area contributed by atoms with E-state index in [1.807, 2.05) is 56.3 Å². The molecule has 2 heterocycles. The lowest BCUT2D eigenvalue weighted by atomic mass is 9.83. The van der Waals surface area contributed by atoms with E-state index in [4.69, 9.17) is 24.7 Å². The highest BCUT2D eigenvalue weighted by Crippen LogP contribution is 2.45. The molecule has 0 fully saturated rings. The van der Waals surface area contributed by atoms with Crippen LogP contribution in [0.25, 0.3) is 0 Å². The molecule has 1 atom stereocenters. The van der Waals surface area contributed by atoms with Crippen molar-refractivity contribution in [2.75, 3.05) is 6.61 Å². The van der Waals surface area contributed by atoms with Crippen molar-refractivity contribution < 1.29 is 23.7 Å². The monoisotopic (exact) mass is 538 g/mol. The number of allylic oxidation sites excluding steroid dienone is 1. The van der Waals surface area contributed by atoms with Gasteiger partial charge in [-0.1, -0.05) is 48.0 Å². The van der Waals surface area contributed by atoms with Crippen LogP contribution in [0.1, 0.15) is 44.8 Å². The Bertz CT molecular complexity index is 1570. The van der Waals surface area contributed by atoms with Crippen molar-refractivity contribution in [3.05, 3.63) is 117 Å². The Kier molecular flexibility index (Phi) is 7.53. The minimum absolute atomic E-state index is 0.00519. The number of hydrogen-bond acceptors (Lipinski definition) is 8. The van der Waals surface area contributed by atoms with Crippen LogP contribution in [0.15, 0.2) is 89.6 Å². The van der Waals surface area contributed by atoms with E-state index < -0.39 is 11.9 Å². The smallest absolute Gasteiger partial charge is 0.353 e. The zero-order valence-electron chi connectivity index (χ0n) is 21.5. The molecular weight excluding hydrogens is 512 g/mol. The Morgan fingerprint density at radius 3 is 2.59 bits per heavy atom. The van der Waals surface area contributed by atoms with Crippen molar-refractivity contribution in [2.45, 2.75) is 26.4 Å².